The van der Waals surface area contributed by atoms with Crippen molar-refractivity contribution < 1.29 is 4.79 Å². The van der Waals surface area contributed by atoms with E-state index in [4.69, 9.17) is 5.84 Å². The van der Waals surface area contributed by atoms with E-state index in [0.29, 0.717) is 5.56 Å². The van der Waals surface area contributed by atoms with Gasteiger partial charge < -0.3 is 9.80 Å². The number of rotatable bonds is 6. The summed E-state index contributed by atoms with van der Waals surface area (Å²) in [6.45, 7) is 17.5. The van der Waals surface area contributed by atoms with Crippen LogP contribution in [0.25, 0.3) is 0 Å². The Morgan fingerprint density at radius 3 is 1.69 bits per heavy atom. The number of fused-ring (bicyclic) bond motifs is 6. The summed E-state index contributed by atoms with van der Waals surface area (Å²) in [5, 5.41) is 4.22. The highest BCUT2D eigenvalue weighted by Crippen LogP contribution is 2.49. The molecule has 5 nitrogen and oxygen atoms in total. The van der Waals surface area contributed by atoms with E-state index in [2.05, 4.69) is 93.1 Å². The second-order valence-electron chi connectivity index (χ2n) is 10.4. The van der Waals surface area contributed by atoms with Gasteiger partial charge in [-0.2, -0.15) is 0 Å². The first-order chi connectivity index (χ1) is 17.3. The predicted molar refractivity (Wildman–Crippen MR) is 153 cm³/mol. The first-order valence-electron chi connectivity index (χ1n) is 13.3. The number of nitrogens with two attached hydrogens (primary N) is 1. The maximum Gasteiger partial charge on any atom is 0.269 e. The molecule has 0 unspecified atom stereocenters. The molecule has 2 aliphatic heterocycles. The van der Waals surface area contributed by atoms with Crippen molar-refractivity contribution in [2.75, 3.05) is 36.0 Å². The van der Waals surface area contributed by atoms with Crippen molar-refractivity contribution in [3.05, 3.63) is 82.9 Å². The lowest BCUT2D eigenvalue weighted by atomic mass is 9.76. The van der Waals surface area contributed by atoms with Gasteiger partial charge in [0.1, 0.15) is 13.6 Å². The lowest BCUT2D eigenvalue weighted by Gasteiger charge is -2.48. The van der Waals surface area contributed by atoms with E-state index < -0.39 is 13.6 Å². The third kappa shape index (κ3) is 3.13. The topological polar surface area (TPSA) is 52.8 Å². The smallest absolute Gasteiger partial charge is 0.269 e. The van der Waals surface area contributed by atoms with Gasteiger partial charge >= 0.3 is 0 Å². The summed E-state index contributed by atoms with van der Waals surface area (Å²) >= 11 is 0. The molecule has 0 radical (unpaired) electrons. The van der Waals surface area contributed by atoms with Crippen molar-refractivity contribution in [2.24, 2.45) is 5.84 Å². The second-order valence-corrected chi connectivity index (χ2v) is 14.7. The van der Waals surface area contributed by atoms with E-state index in [-0.39, 0.29) is 5.91 Å². The fourth-order valence-corrected chi connectivity index (χ4v) is 9.72. The highest BCUT2D eigenvalue weighted by Gasteiger charge is 2.57. The number of carbonyl (C=O) groups excluding carboxylic acids is 1. The van der Waals surface area contributed by atoms with Gasteiger partial charge in [-0.3, -0.25) is 9.80 Å². The Bertz CT molecular complexity index is 1260. The third-order valence-corrected chi connectivity index (χ3v) is 12.0. The fraction of sp³-hybridized carbons (Fsp3) is 0.367. The quantitative estimate of drug-likeness (QED) is 0.315. The van der Waals surface area contributed by atoms with Crippen molar-refractivity contribution in [3.63, 3.8) is 0 Å². The molecule has 2 N–H and O–H groups in total. The normalized spacial score (nSPS) is 16.5. The highest BCUT2D eigenvalue weighted by molar-refractivity contribution is 7.01. The van der Waals surface area contributed by atoms with Crippen molar-refractivity contribution in [1.82, 2.24) is 5.01 Å². The molecular weight excluding hydrogens is 460 g/mol. The molecule has 1 amide bonds. The van der Waals surface area contributed by atoms with Gasteiger partial charge in [-0.1, -0.05) is 43.4 Å². The zero-order chi connectivity index (χ0) is 25.8. The largest absolute Gasteiger partial charge is 0.372 e. The standard InChI is InChI=1S/C30H38N4OSi/c1-7-32(8-2)21-15-17-25-27(19-21)36(5,6)28-20-22(33(9-3)10-4)16-18-26(28)30(25)24-14-12-11-13-23(24)29(35)34(30)31/h11-20H,7-10,31H2,1-6H3. The predicted octanol–water partition coefficient (Wildman–Crippen LogP) is 4.14. The lowest BCUT2D eigenvalue weighted by Crippen LogP contribution is -2.67. The first-order valence-corrected chi connectivity index (χ1v) is 16.3. The van der Waals surface area contributed by atoms with Crippen LogP contribution in [0.4, 0.5) is 11.4 Å². The number of amides is 1. The third-order valence-electron chi connectivity index (χ3n) is 8.52. The average molecular weight is 499 g/mol. The van der Waals surface area contributed by atoms with Gasteiger partial charge in [-0.15, -0.1) is 0 Å². The van der Waals surface area contributed by atoms with Crippen LogP contribution in [0.15, 0.2) is 60.7 Å². The van der Waals surface area contributed by atoms with Crippen molar-refractivity contribution in [3.8, 4) is 0 Å². The summed E-state index contributed by atoms with van der Waals surface area (Å²) in [4.78, 5) is 18.4. The van der Waals surface area contributed by atoms with Crippen LogP contribution >= 0.6 is 0 Å². The monoisotopic (exact) mass is 498 g/mol. The summed E-state index contributed by atoms with van der Waals surface area (Å²) in [7, 11) is -2.15. The van der Waals surface area contributed by atoms with Crippen LogP contribution in [-0.4, -0.2) is 45.2 Å². The van der Waals surface area contributed by atoms with Crippen LogP contribution < -0.4 is 26.0 Å². The van der Waals surface area contributed by atoms with E-state index in [1.54, 1.807) is 0 Å². The van der Waals surface area contributed by atoms with Gasteiger partial charge in [-0.25, -0.2) is 5.84 Å². The van der Waals surface area contributed by atoms with E-state index in [1.807, 2.05) is 18.2 Å². The van der Waals surface area contributed by atoms with E-state index in [1.165, 1.54) is 26.8 Å². The van der Waals surface area contributed by atoms with Gasteiger partial charge in [-0.05, 0) is 79.5 Å². The van der Waals surface area contributed by atoms with Crippen LogP contribution in [0.5, 0.6) is 0 Å². The molecule has 2 heterocycles. The minimum absolute atomic E-state index is 0.121. The molecule has 6 heteroatoms. The molecule has 3 aromatic rings. The first kappa shape index (κ1) is 24.6. The average Bonchev–Trinajstić information content (AvgIpc) is 3.12. The molecule has 3 aromatic carbocycles. The van der Waals surface area contributed by atoms with Gasteiger partial charge in [0.15, 0.2) is 0 Å². The van der Waals surface area contributed by atoms with E-state index in [0.717, 1.165) is 42.9 Å². The Balaban J connectivity index is 1.89. The van der Waals surface area contributed by atoms with E-state index in [9.17, 15) is 4.79 Å². The zero-order valence-electron chi connectivity index (χ0n) is 22.4. The number of hydrogen-bond donors (Lipinski definition) is 1. The van der Waals surface area contributed by atoms with Gasteiger partial charge in [0.05, 0.1) is 0 Å². The molecule has 188 valence electrons. The minimum Gasteiger partial charge on any atom is -0.372 e. The van der Waals surface area contributed by atoms with Crippen LogP contribution in [-0.2, 0) is 5.54 Å². The van der Waals surface area contributed by atoms with Crippen LogP contribution in [0, 0.1) is 0 Å². The van der Waals surface area contributed by atoms with Gasteiger partial charge in [0, 0.05) is 48.7 Å². The number of nitrogens with zero attached hydrogens (tertiary/aromatic N) is 3. The van der Waals surface area contributed by atoms with E-state index >= 15 is 0 Å². The van der Waals surface area contributed by atoms with Crippen molar-refractivity contribution in [2.45, 2.75) is 46.3 Å². The van der Waals surface area contributed by atoms with Gasteiger partial charge in [0.2, 0.25) is 0 Å². The SMILES string of the molecule is CCN(CC)c1ccc2c(c1)[Si](C)(C)c1cc(N(CC)CC)ccc1C21c2ccccc2C(=O)N1N. The van der Waals surface area contributed by atoms with Crippen LogP contribution in [0.2, 0.25) is 13.1 Å². The minimum atomic E-state index is -2.15. The van der Waals surface area contributed by atoms with Crippen molar-refractivity contribution in [1.29, 1.82) is 0 Å². The molecule has 0 atom stereocenters. The molecule has 1 spiro atoms. The Morgan fingerprint density at radius 1 is 0.750 bits per heavy atom. The number of hydrazine groups is 1. The maximum absolute atomic E-state index is 13.6. The van der Waals surface area contributed by atoms with Crippen LogP contribution in [0.1, 0.15) is 54.7 Å². The Kier molecular flexibility index (Phi) is 6.00. The lowest BCUT2D eigenvalue weighted by molar-refractivity contribution is 0.0678. The molecule has 0 saturated heterocycles. The molecule has 0 fully saturated rings. The molecular formula is C30H38N4OSi. The maximum atomic E-state index is 13.6. The molecule has 36 heavy (non-hydrogen) atoms. The number of benzene rings is 3. The summed E-state index contributed by atoms with van der Waals surface area (Å²) in [5.41, 5.74) is 5.62. The van der Waals surface area contributed by atoms with Crippen molar-refractivity contribution >= 4 is 35.7 Å². The summed E-state index contributed by atoms with van der Waals surface area (Å²) in [6, 6.07) is 21.7. The summed E-state index contributed by atoms with van der Waals surface area (Å²) in [6.07, 6.45) is 0. The molecule has 0 saturated carbocycles. The molecule has 5 rings (SSSR count). The molecule has 0 bridgehead atoms. The Labute approximate surface area is 216 Å². The number of carbonyl (C=O) groups is 1. The fourth-order valence-electron chi connectivity index (χ4n) is 6.54. The Hall–Kier alpha value is -3.09. The number of anilines is 2. The van der Waals surface area contributed by atoms with Gasteiger partial charge in [0.25, 0.3) is 5.91 Å². The number of hydrogen-bond acceptors (Lipinski definition) is 4. The summed E-state index contributed by atoms with van der Waals surface area (Å²) in [5.74, 6) is 6.71. The molecule has 2 aliphatic rings. The molecule has 0 aliphatic carbocycles. The second kappa shape index (κ2) is 8.78. The van der Waals surface area contributed by atoms with Crippen LogP contribution in [0.3, 0.4) is 0 Å². The summed E-state index contributed by atoms with van der Waals surface area (Å²) < 4.78 is 0. The Morgan fingerprint density at radius 2 is 1.22 bits per heavy atom. The zero-order valence-corrected chi connectivity index (χ0v) is 23.4. The molecule has 0 aromatic heterocycles. The highest BCUT2D eigenvalue weighted by atomic mass is 28.3.